The van der Waals surface area contributed by atoms with Crippen molar-refractivity contribution in [1.82, 2.24) is 9.97 Å². The summed E-state index contributed by atoms with van der Waals surface area (Å²) in [6, 6.07) is 12.8. The highest BCUT2D eigenvalue weighted by Crippen LogP contribution is 2.26. The van der Waals surface area contributed by atoms with Gasteiger partial charge in [-0.25, -0.2) is 4.98 Å². The summed E-state index contributed by atoms with van der Waals surface area (Å²) in [7, 11) is 0. The third-order valence-electron chi connectivity index (χ3n) is 5.51. The minimum atomic E-state index is -0.719. The fourth-order valence-corrected chi connectivity index (χ4v) is 3.78. The molecule has 28 heavy (non-hydrogen) atoms. The van der Waals surface area contributed by atoms with Gasteiger partial charge in [0.15, 0.2) is 0 Å². The van der Waals surface area contributed by atoms with Gasteiger partial charge in [0.25, 0.3) is 0 Å². The number of aliphatic carboxylic acids is 1. The molecule has 0 amide bonds. The summed E-state index contributed by atoms with van der Waals surface area (Å²) in [5.41, 5.74) is 7.38. The second kappa shape index (κ2) is 9.54. The number of aryl methyl sites for hydroxylation is 4. The zero-order valence-corrected chi connectivity index (χ0v) is 16.9. The van der Waals surface area contributed by atoms with Crippen LogP contribution in [0.3, 0.4) is 0 Å². The van der Waals surface area contributed by atoms with Gasteiger partial charge in [-0.05, 0) is 80.7 Å². The second-order valence-corrected chi connectivity index (χ2v) is 7.67. The lowest BCUT2D eigenvalue weighted by atomic mass is 9.97. The molecular weight excluding hydrogens is 348 g/mol. The molecule has 0 radical (unpaired) electrons. The Morgan fingerprint density at radius 1 is 1.00 bits per heavy atom. The van der Waals surface area contributed by atoms with E-state index in [4.69, 9.17) is 10.1 Å². The van der Waals surface area contributed by atoms with Crippen molar-refractivity contribution < 1.29 is 9.90 Å². The van der Waals surface area contributed by atoms with Crippen LogP contribution in [0.5, 0.6) is 0 Å². The third-order valence-corrected chi connectivity index (χ3v) is 5.51. The van der Waals surface area contributed by atoms with Gasteiger partial charge in [-0.2, -0.15) is 0 Å². The number of aromatic nitrogens is 2. The van der Waals surface area contributed by atoms with E-state index in [0.29, 0.717) is 6.42 Å². The van der Waals surface area contributed by atoms with Crippen LogP contribution in [0, 0.1) is 13.8 Å². The van der Waals surface area contributed by atoms with E-state index in [1.165, 1.54) is 22.3 Å². The Bertz CT molecular complexity index is 929. The van der Waals surface area contributed by atoms with E-state index in [0.717, 1.165) is 55.4 Å². The predicted octanol–water partition coefficient (Wildman–Crippen LogP) is 5.54. The number of fused-ring (bicyclic) bond motifs is 1. The average molecular weight is 379 g/mol. The van der Waals surface area contributed by atoms with Crippen LogP contribution in [0.4, 0.5) is 0 Å². The number of aromatic amines is 1. The van der Waals surface area contributed by atoms with Gasteiger partial charge in [-0.1, -0.05) is 30.3 Å². The number of benzene rings is 2. The van der Waals surface area contributed by atoms with E-state index in [1.807, 2.05) is 0 Å². The van der Waals surface area contributed by atoms with Crippen LogP contribution in [0.1, 0.15) is 60.2 Å². The zero-order valence-electron chi connectivity index (χ0n) is 16.9. The van der Waals surface area contributed by atoms with Crippen LogP contribution in [0.25, 0.3) is 11.0 Å². The van der Waals surface area contributed by atoms with Crippen molar-refractivity contribution >= 4 is 17.0 Å². The molecule has 3 rings (SSSR count). The van der Waals surface area contributed by atoms with Crippen molar-refractivity contribution in [3.05, 3.63) is 64.5 Å². The summed E-state index contributed by atoms with van der Waals surface area (Å²) in [5.74, 6) is 0.337. The lowest BCUT2D eigenvalue weighted by Crippen LogP contribution is -1.98. The van der Waals surface area contributed by atoms with Crippen molar-refractivity contribution in [2.45, 2.75) is 65.2 Å². The number of hydrogen-bond donors (Lipinski definition) is 2. The van der Waals surface area contributed by atoms with Crippen molar-refractivity contribution in [2.24, 2.45) is 0 Å². The van der Waals surface area contributed by atoms with Crippen molar-refractivity contribution in [1.29, 1.82) is 0 Å². The van der Waals surface area contributed by atoms with Gasteiger partial charge < -0.3 is 10.1 Å². The molecule has 1 heterocycles. The van der Waals surface area contributed by atoms with E-state index >= 15 is 0 Å². The standard InChI is InChI=1S/C24H30N2O2/c1-17-16-21-24(20(18(17)2)13-7-9-15-23(27)28)26-22(25-21)14-8-6-12-19-10-4-3-5-11-19/h3-5,10-11,16H,6-9,12-15H2,1-2H3,(H,25,26)(H,27,28). The maximum atomic E-state index is 10.7. The molecule has 0 spiro atoms. The number of nitrogens with zero attached hydrogens (tertiary/aromatic N) is 1. The summed E-state index contributed by atoms with van der Waals surface area (Å²) >= 11 is 0. The van der Waals surface area contributed by atoms with Gasteiger partial charge in [-0.15, -0.1) is 0 Å². The number of carboxylic acids is 1. The highest BCUT2D eigenvalue weighted by atomic mass is 16.4. The van der Waals surface area contributed by atoms with Gasteiger partial charge in [0.1, 0.15) is 5.82 Å². The quantitative estimate of drug-likeness (QED) is 0.455. The second-order valence-electron chi connectivity index (χ2n) is 7.67. The van der Waals surface area contributed by atoms with Gasteiger partial charge >= 0.3 is 5.97 Å². The monoisotopic (exact) mass is 378 g/mol. The molecule has 0 aliphatic rings. The Morgan fingerprint density at radius 2 is 1.71 bits per heavy atom. The molecule has 148 valence electrons. The molecule has 1 aromatic heterocycles. The molecule has 3 aromatic rings. The summed E-state index contributed by atoms with van der Waals surface area (Å²) in [5, 5.41) is 8.84. The lowest BCUT2D eigenvalue weighted by Gasteiger charge is -2.09. The summed E-state index contributed by atoms with van der Waals surface area (Å²) < 4.78 is 0. The van der Waals surface area contributed by atoms with Crippen LogP contribution in [-0.2, 0) is 24.1 Å². The molecule has 4 heteroatoms. The van der Waals surface area contributed by atoms with Crippen LogP contribution in [0.15, 0.2) is 36.4 Å². The number of hydrogen-bond acceptors (Lipinski definition) is 2. The predicted molar refractivity (Wildman–Crippen MR) is 114 cm³/mol. The number of carbonyl (C=O) groups is 1. The van der Waals surface area contributed by atoms with E-state index in [9.17, 15) is 4.79 Å². The van der Waals surface area contributed by atoms with E-state index in [2.05, 4.69) is 55.2 Å². The average Bonchev–Trinajstić information content (AvgIpc) is 3.08. The largest absolute Gasteiger partial charge is 0.481 e. The van der Waals surface area contributed by atoms with Gasteiger partial charge in [0.2, 0.25) is 0 Å². The van der Waals surface area contributed by atoms with Gasteiger partial charge in [0, 0.05) is 12.8 Å². The molecule has 0 saturated heterocycles. The minimum Gasteiger partial charge on any atom is -0.481 e. The number of unbranched alkanes of at least 4 members (excludes halogenated alkanes) is 2. The summed E-state index contributed by atoms with van der Waals surface area (Å²) in [6.45, 7) is 4.28. The molecule has 0 unspecified atom stereocenters. The number of rotatable bonds is 10. The lowest BCUT2D eigenvalue weighted by molar-refractivity contribution is -0.137. The minimum absolute atomic E-state index is 0.237. The number of carboxylic acid groups (broad SMARTS) is 1. The number of imidazole rings is 1. The molecule has 2 N–H and O–H groups in total. The Morgan fingerprint density at radius 3 is 2.46 bits per heavy atom. The fraction of sp³-hybridized carbons (Fsp3) is 0.417. The number of H-pyrrole nitrogens is 1. The van der Waals surface area contributed by atoms with Crippen LogP contribution in [0.2, 0.25) is 0 Å². The maximum Gasteiger partial charge on any atom is 0.303 e. The topological polar surface area (TPSA) is 66.0 Å². The zero-order chi connectivity index (χ0) is 19.9. The molecule has 0 fully saturated rings. The molecule has 4 nitrogen and oxygen atoms in total. The fourth-order valence-electron chi connectivity index (χ4n) is 3.78. The van der Waals surface area contributed by atoms with Crippen LogP contribution < -0.4 is 0 Å². The Labute approximate surface area is 167 Å². The van der Waals surface area contributed by atoms with Gasteiger partial charge in [-0.3, -0.25) is 4.79 Å². The molecule has 0 bridgehead atoms. The summed E-state index contributed by atoms with van der Waals surface area (Å²) in [4.78, 5) is 19.2. The SMILES string of the molecule is Cc1cc2[nH]c(CCCCc3ccccc3)nc2c(CCCCC(=O)O)c1C. The first kappa shape index (κ1) is 20.1. The van der Waals surface area contributed by atoms with Gasteiger partial charge in [0.05, 0.1) is 11.0 Å². The van der Waals surface area contributed by atoms with E-state index < -0.39 is 5.97 Å². The van der Waals surface area contributed by atoms with Crippen molar-refractivity contribution in [2.75, 3.05) is 0 Å². The van der Waals surface area contributed by atoms with E-state index in [-0.39, 0.29) is 6.42 Å². The third kappa shape index (κ3) is 5.22. The molecule has 0 atom stereocenters. The molecule has 0 aliphatic carbocycles. The van der Waals surface area contributed by atoms with Crippen molar-refractivity contribution in [3.8, 4) is 0 Å². The Kier molecular flexibility index (Phi) is 6.85. The molecule has 2 aromatic carbocycles. The maximum absolute atomic E-state index is 10.7. The Hall–Kier alpha value is -2.62. The van der Waals surface area contributed by atoms with Crippen LogP contribution >= 0.6 is 0 Å². The highest BCUT2D eigenvalue weighted by Gasteiger charge is 2.13. The molecule has 0 saturated carbocycles. The molecular formula is C24H30N2O2. The van der Waals surface area contributed by atoms with Crippen LogP contribution in [-0.4, -0.2) is 21.0 Å². The first-order valence-electron chi connectivity index (χ1n) is 10.3. The Balaban J connectivity index is 1.64. The molecule has 0 aliphatic heterocycles. The first-order chi connectivity index (χ1) is 13.5. The smallest absolute Gasteiger partial charge is 0.303 e. The first-order valence-corrected chi connectivity index (χ1v) is 10.3. The van der Waals surface area contributed by atoms with E-state index in [1.54, 1.807) is 0 Å². The normalized spacial score (nSPS) is 11.2. The number of nitrogens with one attached hydrogen (secondary N) is 1. The highest BCUT2D eigenvalue weighted by molar-refractivity contribution is 5.81. The van der Waals surface area contributed by atoms with Crippen molar-refractivity contribution in [3.63, 3.8) is 0 Å². The summed E-state index contributed by atoms with van der Waals surface area (Å²) in [6.07, 6.45) is 7.04.